The van der Waals surface area contributed by atoms with Gasteiger partial charge in [0.15, 0.2) is 0 Å². The molecule has 0 fully saturated rings. The maximum atomic E-state index is 12.0. The summed E-state index contributed by atoms with van der Waals surface area (Å²) in [6, 6.07) is 7.05. The van der Waals surface area contributed by atoms with Crippen LogP contribution in [-0.2, 0) is 14.1 Å². The van der Waals surface area contributed by atoms with E-state index in [0.29, 0.717) is 15.9 Å². The van der Waals surface area contributed by atoms with Gasteiger partial charge in [0, 0.05) is 19.7 Å². The average Bonchev–Trinajstić information content (AvgIpc) is 2.54. The van der Waals surface area contributed by atoms with Gasteiger partial charge >= 0.3 is 16.9 Å². The first-order valence-corrected chi connectivity index (χ1v) is 6.64. The maximum Gasteiger partial charge on any atom is 0.357 e. The zero-order chi connectivity index (χ0) is 17.1. The lowest BCUT2D eigenvalue weighted by atomic mass is 10.1. The topological polar surface area (TPSA) is 96.4 Å². The molecule has 0 atom stereocenters. The largest absolute Gasteiger partial charge is 0.496 e. The molecule has 0 N–H and O–H groups in total. The van der Waals surface area contributed by atoms with Crippen molar-refractivity contribution in [1.29, 1.82) is 0 Å². The van der Waals surface area contributed by atoms with Crippen molar-refractivity contribution in [3.63, 3.8) is 0 Å². The fourth-order valence-corrected chi connectivity index (χ4v) is 2.18. The molecular weight excluding hydrogens is 302 g/mol. The lowest BCUT2D eigenvalue weighted by Crippen LogP contribution is -2.39. The Morgan fingerprint density at radius 3 is 2.39 bits per heavy atom. The van der Waals surface area contributed by atoms with Crippen LogP contribution in [0, 0.1) is 10.1 Å². The second-order valence-corrected chi connectivity index (χ2v) is 4.77. The monoisotopic (exact) mass is 317 g/mol. The van der Waals surface area contributed by atoms with E-state index in [-0.39, 0.29) is 5.69 Å². The number of para-hydroxylation sites is 1. The van der Waals surface area contributed by atoms with Crippen molar-refractivity contribution >= 4 is 17.8 Å². The molecule has 0 amide bonds. The van der Waals surface area contributed by atoms with Gasteiger partial charge in [-0.2, -0.15) is 0 Å². The first-order valence-electron chi connectivity index (χ1n) is 6.64. The third kappa shape index (κ3) is 2.91. The quantitative estimate of drug-likeness (QED) is 0.623. The fraction of sp³-hybridized carbons (Fsp3) is 0.200. The Labute approximate surface area is 131 Å². The van der Waals surface area contributed by atoms with Crippen molar-refractivity contribution in [2.75, 3.05) is 7.11 Å². The summed E-state index contributed by atoms with van der Waals surface area (Å²) >= 11 is 0. The lowest BCUT2D eigenvalue weighted by molar-refractivity contribution is -0.387. The third-order valence-electron chi connectivity index (χ3n) is 3.43. The molecule has 0 radical (unpaired) electrons. The van der Waals surface area contributed by atoms with Crippen LogP contribution >= 0.6 is 0 Å². The van der Waals surface area contributed by atoms with Gasteiger partial charge < -0.3 is 4.74 Å². The molecule has 0 aliphatic carbocycles. The Kier molecular flexibility index (Phi) is 4.44. The van der Waals surface area contributed by atoms with Crippen LogP contribution in [0.5, 0.6) is 5.75 Å². The molecule has 2 rings (SSSR count). The van der Waals surface area contributed by atoms with Gasteiger partial charge in [-0.05, 0) is 18.2 Å². The van der Waals surface area contributed by atoms with Crippen LogP contribution in [0.1, 0.15) is 11.3 Å². The summed E-state index contributed by atoms with van der Waals surface area (Å²) in [7, 11) is 4.07. The Bertz CT molecular complexity index is 908. The predicted octanol–water partition coefficient (Wildman–Crippen LogP) is 1.17. The highest BCUT2D eigenvalue weighted by Gasteiger charge is 2.23. The van der Waals surface area contributed by atoms with Crippen molar-refractivity contribution in [1.82, 2.24) is 9.13 Å². The maximum absolute atomic E-state index is 12.0. The number of ether oxygens (including phenoxy) is 1. The molecule has 120 valence electrons. The van der Waals surface area contributed by atoms with Gasteiger partial charge in [0.05, 0.1) is 12.0 Å². The van der Waals surface area contributed by atoms with Gasteiger partial charge in [-0.25, -0.2) is 4.79 Å². The van der Waals surface area contributed by atoms with E-state index < -0.39 is 21.9 Å². The molecule has 23 heavy (non-hydrogen) atoms. The summed E-state index contributed by atoms with van der Waals surface area (Å²) in [4.78, 5) is 34.4. The van der Waals surface area contributed by atoms with Gasteiger partial charge in [-0.3, -0.25) is 24.0 Å². The van der Waals surface area contributed by atoms with Crippen LogP contribution in [0.4, 0.5) is 5.69 Å². The summed E-state index contributed by atoms with van der Waals surface area (Å²) in [5.74, 6) is 0.570. The molecule has 1 heterocycles. The van der Waals surface area contributed by atoms with Gasteiger partial charge in [-0.1, -0.05) is 18.2 Å². The molecule has 0 aliphatic heterocycles. The van der Waals surface area contributed by atoms with Crippen molar-refractivity contribution in [3.8, 4) is 5.75 Å². The molecule has 0 bridgehead atoms. The van der Waals surface area contributed by atoms with Gasteiger partial charge in [0.2, 0.25) is 0 Å². The average molecular weight is 317 g/mol. The van der Waals surface area contributed by atoms with Gasteiger partial charge in [0.25, 0.3) is 0 Å². The van der Waals surface area contributed by atoms with Crippen LogP contribution in [0.3, 0.4) is 0 Å². The first kappa shape index (κ1) is 16.2. The van der Waals surface area contributed by atoms with Crippen molar-refractivity contribution in [2.45, 2.75) is 0 Å². The molecule has 0 aliphatic rings. The Hall–Kier alpha value is -3.16. The third-order valence-corrected chi connectivity index (χ3v) is 3.43. The molecule has 1 aromatic carbocycles. The highest BCUT2D eigenvalue weighted by molar-refractivity contribution is 5.74. The van der Waals surface area contributed by atoms with Crippen LogP contribution in [0.2, 0.25) is 0 Å². The molecule has 2 aromatic rings. The fourth-order valence-electron chi connectivity index (χ4n) is 2.18. The minimum absolute atomic E-state index is 0.0750. The number of hydrogen-bond donors (Lipinski definition) is 0. The SMILES string of the molecule is COc1ccccc1/C=C/c1c([N+](=O)[O-])c(=O)n(C)c(=O)n1C. The number of benzene rings is 1. The molecule has 0 unspecified atom stereocenters. The lowest BCUT2D eigenvalue weighted by Gasteiger charge is -2.07. The minimum Gasteiger partial charge on any atom is -0.496 e. The van der Waals surface area contributed by atoms with E-state index in [0.717, 1.165) is 4.57 Å². The predicted molar refractivity (Wildman–Crippen MR) is 85.5 cm³/mol. The number of methoxy groups -OCH3 is 1. The first-order chi connectivity index (χ1) is 10.9. The van der Waals surface area contributed by atoms with E-state index in [1.807, 2.05) is 0 Å². The number of nitro groups is 1. The van der Waals surface area contributed by atoms with E-state index in [1.54, 1.807) is 30.3 Å². The van der Waals surface area contributed by atoms with E-state index >= 15 is 0 Å². The Morgan fingerprint density at radius 2 is 1.78 bits per heavy atom. The molecule has 1 aromatic heterocycles. The van der Waals surface area contributed by atoms with Gasteiger partial charge in [0.1, 0.15) is 11.4 Å². The summed E-state index contributed by atoms with van der Waals surface area (Å²) in [6.07, 6.45) is 2.92. The van der Waals surface area contributed by atoms with Crippen LogP contribution in [-0.4, -0.2) is 21.2 Å². The van der Waals surface area contributed by atoms with Gasteiger partial charge in [-0.15, -0.1) is 0 Å². The summed E-state index contributed by atoms with van der Waals surface area (Å²) in [6.45, 7) is 0. The summed E-state index contributed by atoms with van der Waals surface area (Å²) < 4.78 is 6.96. The van der Waals surface area contributed by atoms with E-state index in [4.69, 9.17) is 4.74 Å². The van der Waals surface area contributed by atoms with Crippen molar-refractivity contribution in [3.05, 3.63) is 66.5 Å². The van der Waals surface area contributed by atoms with Crippen LogP contribution in [0.25, 0.3) is 12.2 Å². The smallest absolute Gasteiger partial charge is 0.357 e. The molecular formula is C15H15N3O5. The minimum atomic E-state index is -0.947. The van der Waals surface area contributed by atoms with E-state index in [9.17, 15) is 19.7 Å². The Morgan fingerprint density at radius 1 is 1.13 bits per heavy atom. The summed E-state index contributed by atoms with van der Waals surface area (Å²) in [5.41, 5.74) is -1.65. The van der Waals surface area contributed by atoms with Crippen molar-refractivity contribution in [2.24, 2.45) is 14.1 Å². The van der Waals surface area contributed by atoms with Crippen LogP contribution < -0.4 is 16.0 Å². The molecule has 8 heteroatoms. The molecule has 0 saturated heterocycles. The zero-order valence-corrected chi connectivity index (χ0v) is 12.8. The second-order valence-electron chi connectivity index (χ2n) is 4.77. The zero-order valence-electron chi connectivity index (χ0n) is 12.8. The highest BCUT2D eigenvalue weighted by Crippen LogP contribution is 2.21. The molecule has 0 saturated carbocycles. The van der Waals surface area contributed by atoms with Crippen molar-refractivity contribution < 1.29 is 9.66 Å². The number of rotatable bonds is 4. The summed E-state index contributed by atoms with van der Waals surface area (Å²) in [5, 5.41) is 11.2. The number of hydrogen-bond acceptors (Lipinski definition) is 5. The standard InChI is InChI=1S/C15H15N3O5/c1-16-11(9-8-10-6-4-5-7-12(10)23-3)13(18(21)22)14(19)17(2)15(16)20/h4-9H,1-3H3/b9-8+. The highest BCUT2D eigenvalue weighted by atomic mass is 16.6. The normalized spacial score (nSPS) is 10.9. The number of aromatic nitrogens is 2. The number of nitrogens with zero attached hydrogens (tertiary/aromatic N) is 3. The van der Waals surface area contributed by atoms with E-state index in [2.05, 4.69) is 0 Å². The van der Waals surface area contributed by atoms with E-state index in [1.165, 1.54) is 27.3 Å². The second kappa shape index (κ2) is 6.30. The Balaban J connectivity index is 2.69. The molecule has 0 spiro atoms. The molecule has 8 nitrogen and oxygen atoms in total. The van der Waals surface area contributed by atoms with Crippen LogP contribution in [0.15, 0.2) is 33.9 Å².